The Morgan fingerprint density at radius 1 is 1.11 bits per heavy atom. The summed E-state index contributed by atoms with van der Waals surface area (Å²) in [6, 6.07) is 7.92. The van der Waals surface area contributed by atoms with Gasteiger partial charge in [-0.05, 0) is 43.0 Å². The zero-order chi connectivity index (χ0) is 20.2. The van der Waals surface area contributed by atoms with Gasteiger partial charge in [0.25, 0.3) is 0 Å². The minimum Gasteiger partial charge on any atom is -0.494 e. The number of carbonyl (C=O) groups excluding carboxylic acids is 2. The average molecular weight is 388 g/mol. The lowest BCUT2D eigenvalue weighted by Gasteiger charge is -2.30. The van der Waals surface area contributed by atoms with Crippen LogP contribution < -0.4 is 4.74 Å². The van der Waals surface area contributed by atoms with Crippen LogP contribution in [0, 0.1) is 0 Å². The van der Waals surface area contributed by atoms with Crippen molar-refractivity contribution in [3.05, 3.63) is 35.9 Å². The number of rotatable bonds is 9. The molecule has 0 saturated heterocycles. The molecule has 0 aromatic heterocycles. The molecule has 0 bridgehead atoms. The number of benzene rings is 1. The summed E-state index contributed by atoms with van der Waals surface area (Å²) < 4.78 is 10.3. The van der Waals surface area contributed by atoms with Gasteiger partial charge < -0.3 is 14.4 Å². The Bertz CT molecular complexity index is 631. The van der Waals surface area contributed by atoms with Crippen LogP contribution in [0.25, 0.3) is 6.08 Å². The summed E-state index contributed by atoms with van der Waals surface area (Å²) in [6.07, 6.45) is 11.4. The van der Waals surface area contributed by atoms with Crippen LogP contribution in [0.5, 0.6) is 5.75 Å². The second kappa shape index (κ2) is 12.2. The van der Waals surface area contributed by atoms with Crippen molar-refractivity contribution in [3.63, 3.8) is 0 Å². The minimum absolute atomic E-state index is 0.0397. The van der Waals surface area contributed by atoms with Crippen molar-refractivity contribution < 1.29 is 19.1 Å². The summed E-state index contributed by atoms with van der Waals surface area (Å²) in [4.78, 5) is 26.3. The Balaban J connectivity index is 2.02. The van der Waals surface area contributed by atoms with Crippen molar-refractivity contribution in [1.29, 1.82) is 0 Å². The Kier molecular flexibility index (Phi) is 9.60. The predicted molar refractivity (Wildman–Crippen MR) is 111 cm³/mol. The molecule has 1 aliphatic rings. The second-order valence-electron chi connectivity index (χ2n) is 7.25. The second-order valence-corrected chi connectivity index (χ2v) is 7.25. The standard InChI is InChI=1S/C23H33NO4/c1-3-18-28-21-13-10-19(11-14-21)12-15-22(25)24(17-16-23(26)27-2)20-8-6-4-5-7-9-20/h10-15,20H,3-9,16-18H2,1-2H3/b15-12+. The summed E-state index contributed by atoms with van der Waals surface area (Å²) in [5, 5.41) is 0. The summed E-state index contributed by atoms with van der Waals surface area (Å²) in [7, 11) is 1.38. The van der Waals surface area contributed by atoms with Crippen molar-refractivity contribution in [1.82, 2.24) is 4.90 Å². The number of methoxy groups -OCH3 is 1. The third kappa shape index (κ3) is 7.37. The average Bonchev–Trinajstić information content (AvgIpc) is 3.00. The summed E-state index contributed by atoms with van der Waals surface area (Å²) in [5.74, 6) is 0.517. The molecule has 1 saturated carbocycles. The van der Waals surface area contributed by atoms with Crippen LogP contribution in [0.3, 0.4) is 0 Å². The topological polar surface area (TPSA) is 55.8 Å². The molecule has 1 aromatic carbocycles. The van der Waals surface area contributed by atoms with Gasteiger partial charge >= 0.3 is 5.97 Å². The van der Waals surface area contributed by atoms with Gasteiger partial charge in [0.2, 0.25) is 5.91 Å². The molecule has 154 valence electrons. The van der Waals surface area contributed by atoms with Crippen LogP contribution in [0.15, 0.2) is 30.3 Å². The van der Waals surface area contributed by atoms with Gasteiger partial charge in [-0.2, -0.15) is 0 Å². The fourth-order valence-corrected chi connectivity index (χ4v) is 3.51. The van der Waals surface area contributed by atoms with Gasteiger partial charge in [-0.1, -0.05) is 44.7 Å². The maximum absolute atomic E-state index is 12.9. The Hall–Kier alpha value is -2.30. The number of amides is 1. The van der Waals surface area contributed by atoms with Crippen LogP contribution in [0.2, 0.25) is 0 Å². The highest BCUT2D eigenvalue weighted by Crippen LogP contribution is 2.23. The predicted octanol–water partition coefficient (Wildman–Crippen LogP) is 4.60. The van der Waals surface area contributed by atoms with Crippen LogP contribution >= 0.6 is 0 Å². The van der Waals surface area contributed by atoms with Crippen molar-refractivity contribution in [2.45, 2.75) is 64.3 Å². The van der Waals surface area contributed by atoms with Gasteiger partial charge in [-0.3, -0.25) is 9.59 Å². The maximum Gasteiger partial charge on any atom is 0.307 e. The number of nitrogens with zero attached hydrogens (tertiary/aromatic N) is 1. The van der Waals surface area contributed by atoms with E-state index in [-0.39, 0.29) is 24.3 Å². The van der Waals surface area contributed by atoms with Crippen LogP contribution in [0.1, 0.15) is 63.9 Å². The summed E-state index contributed by atoms with van der Waals surface area (Å²) in [6.45, 7) is 3.18. The molecule has 0 aliphatic heterocycles. The molecule has 0 spiro atoms. The van der Waals surface area contributed by atoms with Gasteiger partial charge in [-0.25, -0.2) is 0 Å². The van der Waals surface area contributed by atoms with E-state index < -0.39 is 0 Å². The summed E-state index contributed by atoms with van der Waals surface area (Å²) in [5.41, 5.74) is 0.950. The number of ether oxygens (including phenoxy) is 2. The Labute approximate surface area is 168 Å². The molecule has 0 N–H and O–H groups in total. The molecular formula is C23H33NO4. The van der Waals surface area contributed by atoms with E-state index in [0.717, 1.165) is 43.4 Å². The van der Waals surface area contributed by atoms with Crippen molar-refractivity contribution in [3.8, 4) is 5.75 Å². The summed E-state index contributed by atoms with van der Waals surface area (Å²) >= 11 is 0. The van der Waals surface area contributed by atoms with Gasteiger partial charge in [0.1, 0.15) is 5.75 Å². The molecule has 0 radical (unpaired) electrons. The largest absolute Gasteiger partial charge is 0.494 e. The first-order valence-electron chi connectivity index (χ1n) is 10.4. The molecule has 0 heterocycles. The van der Waals surface area contributed by atoms with Crippen LogP contribution in [0.4, 0.5) is 0 Å². The molecule has 5 heteroatoms. The Morgan fingerprint density at radius 2 is 1.79 bits per heavy atom. The molecule has 1 fully saturated rings. The smallest absolute Gasteiger partial charge is 0.307 e. The van der Waals surface area contributed by atoms with Crippen molar-refractivity contribution >= 4 is 18.0 Å². The minimum atomic E-state index is -0.280. The van der Waals surface area contributed by atoms with E-state index in [4.69, 9.17) is 9.47 Å². The molecule has 1 aromatic rings. The SMILES string of the molecule is CCCOc1ccc(/C=C/C(=O)N(CCC(=O)OC)C2CCCCCC2)cc1. The fourth-order valence-electron chi connectivity index (χ4n) is 3.51. The zero-order valence-corrected chi connectivity index (χ0v) is 17.2. The van der Waals surface area contributed by atoms with Gasteiger partial charge in [-0.15, -0.1) is 0 Å². The van der Waals surface area contributed by atoms with Crippen molar-refractivity contribution in [2.75, 3.05) is 20.3 Å². The van der Waals surface area contributed by atoms with E-state index in [1.807, 2.05) is 35.2 Å². The first-order valence-corrected chi connectivity index (χ1v) is 10.4. The zero-order valence-electron chi connectivity index (χ0n) is 17.2. The lowest BCUT2D eigenvalue weighted by atomic mass is 10.1. The van der Waals surface area contributed by atoms with E-state index in [0.29, 0.717) is 13.2 Å². The van der Waals surface area contributed by atoms with E-state index in [9.17, 15) is 9.59 Å². The maximum atomic E-state index is 12.9. The fraction of sp³-hybridized carbons (Fsp3) is 0.565. The molecule has 1 aliphatic carbocycles. The number of hydrogen-bond acceptors (Lipinski definition) is 4. The lowest BCUT2D eigenvalue weighted by molar-refractivity contribution is -0.141. The van der Waals surface area contributed by atoms with Crippen LogP contribution in [-0.2, 0) is 14.3 Å². The third-order valence-electron chi connectivity index (χ3n) is 5.10. The monoisotopic (exact) mass is 387 g/mol. The Morgan fingerprint density at radius 3 is 2.39 bits per heavy atom. The van der Waals surface area contributed by atoms with Gasteiger partial charge in [0.15, 0.2) is 0 Å². The van der Waals surface area contributed by atoms with Crippen molar-refractivity contribution in [2.24, 2.45) is 0 Å². The molecule has 5 nitrogen and oxygen atoms in total. The molecule has 1 amide bonds. The highest BCUT2D eigenvalue weighted by Gasteiger charge is 2.23. The van der Waals surface area contributed by atoms with E-state index >= 15 is 0 Å². The highest BCUT2D eigenvalue weighted by molar-refractivity contribution is 5.92. The number of esters is 1. The molecule has 2 rings (SSSR count). The third-order valence-corrected chi connectivity index (χ3v) is 5.10. The van der Waals surface area contributed by atoms with Crippen LogP contribution in [-0.4, -0.2) is 43.1 Å². The first-order chi connectivity index (χ1) is 13.6. The number of hydrogen-bond donors (Lipinski definition) is 0. The molecule has 0 atom stereocenters. The normalized spacial score (nSPS) is 15.2. The van der Waals surface area contributed by atoms with Gasteiger partial charge in [0.05, 0.1) is 20.1 Å². The quantitative estimate of drug-likeness (QED) is 0.353. The molecular weight excluding hydrogens is 354 g/mol. The lowest BCUT2D eigenvalue weighted by Crippen LogP contribution is -2.40. The molecule has 0 unspecified atom stereocenters. The first kappa shape index (κ1) is 22.0. The van der Waals surface area contributed by atoms with E-state index in [1.165, 1.54) is 20.0 Å². The van der Waals surface area contributed by atoms with Gasteiger partial charge in [0, 0.05) is 18.7 Å². The van der Waals surface area contributed by atoms with E-state index in [2.05, 4.69) is 6.92 Å². The van der Waals surface area contributed by atoms with E-state index in [1.54, 1.807) is 6.08 Å². The molecule has 28 heavy (non-hydrogen) atoms. The number of carbonyl (C=O) groups is 2. The highest BCUT2D eigenvalue weighted by atomic mass is 16.5.